The van der Waals surface area contributed by atoms with Gasteiger partial charge in [-0.2, -0.15) is 5.10 Å². The van der Waals surface area contributed by atoms with Gasteiger partial charge in [0.1, 0.15) is 0 Å². The van der Waals surface area contributed by atoms with E-state index in [0.717, 1.165) is 17.9 Å². The van der Waals surface area contributed by atoms with Crippen molar-refractivity contribution < 1.29 is 0 Å². The van der Waals surface area contributed by atoms with Crippen LogP contribution in [0.15, 0.2) is 11.2 Å². The van der Waals surface area contributed by atoms with Crippen molar-refractivity contribution in [2.45, 2.75) is 33.6 Å². The van der Waals surface area contributed by atoms with E-state index in [1.807, 2.05) is 13.2 Å². The minimum absolute atomic E-state index is 0.345. The highest BCUT2D eigenvalue weighted by atomic mass is 15.3. The summed E-state index contributed by atoms with van der Waals surface area (Å²) in [7, 11) is 1.90. The first-order valence-corrected chi connectivity index (χ1v) is 6.25. The maximum absolute atomic E-state index is 5.47. The Morgan fingerprint density at radius 2 is 2.11 bits per heavy atom. The number of nitrogens with two attached hydrogens (primary N) is 1. The molecule has 0 aromatic carbocycles. The molecule has 102 valence electrons. The van der Waals surface area contributed by atoms with Crippen LogP contribution in [-0.2, 0) is 7.05 Å². The second-order valence-corrected chi connectivity index (χ2v) is 5.11. The summed E-state index contributed by atoms with van der Waals surface area (Å²) in [4.78, 5) is 4.38. The van der Waals surface area contributed by atoms with Crippen molar-refractivity contribution in [3.8, 4) is 0 Å². The average Bonchev–Trinajstić information content (AvgIpc) is 2.65. The third-order valence-corrected chi connectivity index (χ3v) is 2.41. The number of guanidine groups is 1. The number of nitrogens with zero attached hydrogens (tertiary/aromatic N) is 3. The maximum atomic E-state index is 5.47. The fraction of sp³-hybridized carbons (Fsp3) is 0.667. The van der Waals surface area contributed by atoms with Crippen molar-refractivity contribution in [2.75, 3.05) is 11.9 Å². The van der Waals surface area contributed by atoms with Gasteiger partial charge in [0.2, 0.25) is 5.96 Å². The lowest BCUT2D eigenvalue weighted by Crippen LogP contribution is -2.36. The summed E-state index contributed by atoms with van der Waals surface area (Å²) in [5, 5.41) is 7.61. The molecule has 0 spiro atoms. The van der Waals surface area contributed by atoms with Gasteiger partial charge in [-0.25, -0.2) is 5.84 Å². The molecule has 0 unspecified atom stereocenters. The van der Waals surface area contributed by atoms with Gasteiger partial charge in [0, 0.05) is 19.8 Å². The fourth-order valence-corrected chi connectivity index (χ4v) is 1.55. The molecule has 18 heavy (non-hydrogen) atoms. The molecule has 0 saturated heterocycles. The van der Waals surface area contributed by atoms with E-state index < -0.39 is 0 Å². The Labute approximate surface area is 109 Å². The lowest BCUT2D eigenvalue weighted by molar-refractivity contribution is 0.663. The molecule has 0 fully saturated rings. The standard InChI is InChI=1S/C12H24N6/c1-8(2)6-14-12(16-13)15-10-7-18(5)17-11(10)9(3)4/h7-9H,6,13H2,1-5H3,(H2,14,15,16). The second kappa shape index (κ2) is 6.39. The van der Waals surface area contributed by atoms with Crippen LogP contribution in [0.3, 0.4) is 0 Å². The van der Waals surface area contributed by atoms with Gasteiger partial charge in [-0.3, -0.25) is 15.1 Å². The summed E-state index contributed by atoms with van der Waals surface area (Å²) >= 11 is 0. The Morgan fingerprint density at radius 3 is 2.61 bits per heavy atom. The van der Waals surface area contributed by atoms with Crippen molar-refractivity contribution in [2.24, 2.45) is 23.8 Å². The van der Waals surface area contributed by atoms with E-state index in [4.69, 9.17) is 5.84 Å². The molecule has 6 heteroatoms. The van der Waals surface area contributed by atoms with E-state index in [9.17, 15) is 0 Å². The molecule has 0 radical (unpaired) electrons. The van der Waals surface area contributed by atoms with Gasteiger partial charge in [0.15, 0.2) is 0 Å². The number of hydrogen-bond acceptors (Lipinski definition) is 3. The minimum atomic E-state index is 0.345. The summed E-state index contributed by atoms with van der Waals surface area (Å²) in [6, 6.07) is 0. The lowest BCUT2D eigenvalue weighted by atomic mass is 10.1. The molecule has 1 heterocycles. The quantitative estimate of drug-likeness (QED) is 0.328. The predicted octanol–water partition coefficient (Wildman–Crippen LogP) is 1.43. The normalized spacial score (nSPS) is 12.3. The van der Waals surface area contributed by atoms with Gasteiger partial charge in [-0.15, -0.1) is 0 Å². The molecule has 1 rings (SSSR count). The van der Waals surface area contributed by atoms with Crippen molar-refractivity contribution >= 4 is 11.6 Å². The number of hydrogen-bond donors (Lipinski definition) is 3. The summed E-state index contributed by atoms with van der Waals surface area (Å²) in [5.74, 6) is 6.88. The SMILES string of the molecule is CC(C)CN=C(NN)Nc1cn(C)nc1C(C)C. The van der Waals surface area contributed by atoms with Gasteiger partial charge < -0.3 is 5.32 Å². The predicted molar refractivity (Wildman–Crippen MR) is 75.4 cm³/mol. The number of rotatable bonds is 4. The minimum Gasteiger partial charge on any atom is -0.322 e. The number of nitrogens with one attached hydrogen (secondary N) is 2. The van der Waals surface area contributed by atoms with Crippen LogP contribution in [0.2, 0.25) is 0 Å². The topological polar surface area (TPSA) is 80.3 Å². The molecule has 0 atom stereocenters. The van der Waals surface area contributed by atoms with Gasteiger partial charge >= 0.3 is 0 Å². The van der Waals surface area contributed by atoms with Crippen molar-refractivity contribution in [3.63, 3.8) is 0 Å². The average molecular weight is 252 g/mol. The maximum Gasteiger partial charge on any atom is 0.210 e. The van der Waals surface area contributed by atoms with Crippen LogP contribution in [-0.4, -0.2) is 22.3 Å². The zero-order valence-electron chi connectivity index (χ0n) is 11.9. The van der Waals surface area contributed by atoms with Gasteiger partial charge in [0.25, 0.3) is 0 Å². The Balaban J connectivity index is 2.84. The highest BCUT2D eigenvalue weighted by Crippen LogP contribution is 2.21. The number of aromatic nitrogens is 2. The highest BCUT2D eigenvalue weighted by molar-refractivity contribution is 5.93. The Morgan fingerprint density at radius 1 is 1.44 bits per heavy atom. The molecule has 0 saturated carbocycles. The molecule has 4 N–H and O–H groups in total. The van der Waals surface area contributed by atoms with Gasteiger partial charge in [-0.05, 0) is 11.8 Å². The van der Waals surface area contributed by atoms with Crippen LogP contribution in [0, 0.1) is 5.92 Å². The smallest absolute Gasteiger partial charge is 0.210 e. The van der Waals surface area contributed by atoms with Gasteiger partial charge in [0.05, 0.1) is 11.4 Å². The number of aryl methyl sites for hydroxylation is 1. The van der Waals surface area contributed by atoms with Crippen molar-refractivity contribution in [3.05, 3.63) is 11.9 Å². The summed E-state index contributed by atoms with van der Waals surface area (Å²) in [6.45, 7) is 9.16. The first kappa shape index (κ1) is 14.5. The molecule has 1 aromatic rings. The van der Waals surface area contributed by atoms with E-state index >= 15 is 0 Å². The van der Waals surface area contributed by atoms with Crippen LogP contribution in [0.5, 0.6) is 0 Å². The molecular formula is C12H24N6. The zero-order valence-corrected chi connectivity index (χ0v) is 11.9. The molecule has 0 aliphatic rings. The third-order valence-electron chi connectivity index (χ3n) is 2.41. The summed E-state index contributed by atoms with van der Waals surface area (Å²) < 4.78 is 1.79. The fourth-order valence-electron chi connectivity index (χ4n) is 1.55. The zero-order chi connectivity index (χ0) is 13.7. The van der Waals surface area contributed by atoms with Crippen LogP contribution in [0.1, 0.15) is 39.3 Å². The monoisotopic (exact) mass is 252 g/mol. The molecule has 6 nitrogen and oxygen atoms in total. The first-order chi connectivity index (χ1) is 8.43. The Hall–Kier alpha value is -1.56. The number of anilines is 1. The molecule has 0 aliphatic heterocycles. The Bertz CT molecular complexity index is 405. The van der Waals surface area contributed by atoms with E-state index in [-0.39, 0.29) is 0 Å². The molecule has 1 aromatic heterocycles. The largest absolute Gasteiger partial charge is 0.322 e. The van der Waals surface area contributed by atoms with E-state index in [0.29, 0.717) is 17.8 Å². The summed E-state index contributed by atoms with van der Waals surface area (Å²) in [5.41, 5.74) is 4.53. The second-order valence-electron chi connectivity index (χ2n) is 5.11. The van der Waals surface area contributed by atoms with E-state index in [1.54, 1.807) is 4.68 Å². The molecule has 0 bridgehead atoms. The van der Waals surface area contributed by atoms with Crippen LogP contribution < -0.4 is 16.6 Å². The first-order valence-electron chi connectivity index (χ1n) is 6.25. The van der Waals surface area contributed by atoms with Crippen LogP contribution in [0.25, 0.3) is 0 Å². The van der Waals surface area contributed by atoms with Crippen molar-refractivity contribution in [1.82, 2.24) is 15.2 Å². The van der Waals surface area contributed by atoms with E-state index in [2.05, 4.69) is 48.5 Å². The Kier molecular flexibility index (Phi) is 5.15. The lowest BCUT2D eigenvalue weighted by Gasteiger charge is -2.11. The van der Waals surface area contributed by atoms with Crippen molar-refractivity contribution in [1.29, 1.82) is 0 Å². The third kappa shape index (κ3) is 4.03. The number of aliphatic imine (C=N–C) groups is 1. The number of hydrazine groups is 1. The highest BCUT2D eigenvalue weighted by Gasteiger charge is 2.12. The molecular weight excluding hydrogens is 228 g/mol. The van der Waals surface area contributed by atoms with Gasteiger partial charge in [-0.1, -0.05) is 27.7 Å². The van der Waals surface area contributed by atoms with Crippen LogP contribution in [0.4, 0.5) is 5.69 Å². The van der Waals surface area contributed by atoms with Crippen LogP contribution >= 0.6 is 0 Å². The molecule has 0 aliphatic carbocycles. The summed E-state index contributed by atoms with van der Waals surface area (Å²) in [6.07, 6.45) is 1.93. The molecule has 0 amide bonds. The van der Waals surface area contributed by atoms with E-state index in [1.165, 1.54) is 0 Å².